The van der Waals surface area contributed by atoms with Crippen LogP contribution in [0.4, 0.5) is 14.0 Å². The Hall–Kier alpha value is -2.75. The van der Waals surface area contributed by atoms with Gasteiger partial charge in [0.15, 0.2) is 18.0 Å². The molecule has 0 amide bonds. The third-order valence-electron chi connectivity index (χ3n) is 10.1. The van der Waals surface area contributed by atoms with Crippen molar-refractivity contribution in [2.24, 2.45) is 34.5 Å². The molecule has 3 saturated carbocycles. The van der Waals surface area contributed by atoms with Gasteiger partial charge in [0.25, 0.3) is 0 Å². The molecular formula is C32H45FO9. The van der Waals surface area contributed by atoms with Gasteiger partial charge in [-0.3, -0.25) is 9.59 Å². The smallest absolute Gasteiger partial charge is 0.434 e. The molecule has 9 nitrogen and oxygen atoms in total. The van der Waals surface area contributed by atoms with Crippen LogP contribution in [0.3, 0.4) is 0 Å². The van der Waals surface area contributed by atoms with Gasteiger partial charge < -0.3 is 24.1 Å². The van der Waals surface area contributed by atoms with Crippen LogP contribution in [0.5, 0.6) is 0 Å². The average Bonchev–Trinajstić information content (AvgIpc) is 3.21. The summed E-state index contributed by atoms with van der Waals surface area (Å²) in [7, 11) is 0. The molecule has 8 atom stereocenters. The normalized spacial score (nSPS) is 36.8. The number of hydrogen-bond acceptors (Lipinski definition) is 9. The van der Waals surface area contributed by atoms with E-state index in [0.717, 1.165) is 12.8 Å². The highest BCUT2D eigenvalue weighted by molar-refractivity contribution is 6.01. The molecule has 1 unspecified atom stereocenters. The van der Waals surface area contributed by atoms with Crippen LogP contribution < -0.4 is 0 Å². The fourth-order valence-electron chi connectivity index (χ4n) is 8.20. The van der Waals surface area contributed by atoms with Crippen LogP contribution in [0, 0.1) is 34.5 Å². The molecule has 3 fully saturated rings. The first-order valence-corrected chi connectivity index (χ1v) is 15.2. The fourth-order valence-corrected chi connectivity index (χ4v) is 8.20. The molecule has 0 aliphatic heterocycles. The maximum atomic E-state index is 15.7. The molecular weight excluding hydrogens is 547 g/mol. The SMILES string of the molecule is CCCCCOC(=O)O[C@]1(C(=O)COC(=O)OCC(C)C)CC[C@H]2[C@@H]3C[C@H](F)C4=CC(=O)C=C[C@]4(C)[C@H]3C(O)C[C@@]21C. The minimum Gasteiger partial charge on any atom is -0.434 e. The highest BCUT2D eigenvalue weighted by atomic mass is 19.1. The van der Waals surface area contributed by atoms with Crippen LogP contribution in [0.15, 0.2) is 23.8 Å². The Balaban J connectivity index is 1.64. The number of ether oxygens (including phenoxy) is 4. The Morgan fingerprint density at radius 3 is 2.55 bits per heavy atom. The minimum absolute atomic E-state index is 0.0701. The van der Waals surface area contributed by atoms with Gasteiger partial charge in [-0.15, -0.1) is 0 Å². The summed E-state index contributed by atoms with van der Waals surface area (Å²) >= 11 is 0. The highest BCUT2D eigenvalue weighted by Crippen LogP contribution is 2.68. The number of carbonyl (C=O) groups is 4. The summed E-state index contributed by atoms with van der Waals surface area (Å²) in [4.78, 5) is 51.2. The fraction of sp³-hybridized carbons (Fsp3) is 0.750. The van der Waals surface area contributed by atoms with Gasteiger partial charge in [0.2, 0.25) is 5.78 Å². The molecule has 0 aromatic carbocycles. The Kier molecular flexibility index (Phi) is 9.55. The molecule has 0 heterocycles. The number of alkyl halides is 1. The Bertz CT molecular complexity index is 1130. The van der Waals surface area contributed by atoms with Gasteiger partial charge in [-0.1, -0.05) is 53.5 Å². The van der Waals surface area contributed by atoms with E-state index in [9.17, 15) is 24.3 Å². The third kappa shape index (κ3) is 5.75. The van der Waals surface area contributed by atoms with Crippen molar-refractivity contribution >= 4 is 23.9 Å². The molecule has 1 N–H and O–H groups in total. The van der Waals surface area contributed by atoms with Gasteiger partial charge in [0.1, 0.15) is 6.17 Å². The van der Waals surface area contributed by atoms with E-state index in [-0.39, 0.29) is 56.0 Å². The summed E-state index contributed by atoms with van der Waals surface area (Å²) in [5, 5.41) is 11.7. The minimum atomic E-state index is -1.76. The number of rotatable bonds is 10. The van der Waals surface area contributed by atoms with Crippen molar-refractivity contribution in [2.75, 3.05) is 19.8 Å². The lowest BCUT2D eigenvalue weighted by molar-refractivity contribution is -0.186. The van der Waals surface area contributed by atoms with Crippen LogP contribution in [-0.4, -0.2) is 66.7 Å². The van der Waals surface area contributed by atoms with E-state index in [4.69, 9.17) is 18.9 Å². The van der Waals surface area contributed by atoms with Crippen LogP contribution in [0.2, 0.25) is 0 Å². The molecule has 4 aliphatic carbocycles. The molecule has 0 bridgehead atoms. The molecule has 0 radical (unpaired) electrons. The molecule has 0 saturated heterocycles. The van der Waals surface area contributed by atoms with E-state index in [0.29, 0.717) is 18.4 Å². The lowest BCUT2D eigenvalue weighted by Crippen LogP contribution is -2.64. The van der Waals surface area contributed by atoms with Crippen molar-refractivity contribution in [3.63, 3.8) is 0 Å². The second kappa shape index (κ2) is 12.5. The number of ketones is 2. The standard InChI is InChI=1S/C32H45FO9/c1-6-7-8-13-39-29(38)42-32(26(36)18-41-28(37)40-17-19(2)3)12-10-22-21-15-24(33)23-14-20(34)9-11-30(23,4)27(21)25(35)16-31(22,32)5/h9,11,14,19,21-22,24-25,27,35H,6-8,10,12-13,15-18H2,1-5H3/t21-,22-,24-,25?,27+,30-,31-,32-/m0/s1. The topological polar surface area (TPSA) is 125 Å². The lowest BCUT2D eigenvalue weighted by Gasteiger charge is -2.60. The maximum absolute atomic E-state index is 15.7. The number of aliphatic hydroxyl groups excluding tert-OH is 1. The molecule has 10 heteroatoms. The largest absolute Gasteiger partial charge is 0.509 e. The van der Waals surface area contributed by atoms with Crippen molar-refractivity contribution in [1.29, 1.82) is 0 Å². The molecule has 0 spiro atoms. The van der Waals surface area contributed by atoms with Gasteiger partial charge in [-0.05, 0) is 67.6 Å². The van der Waals surface area contributed by atoms with Gasteiger partial charge >= 0.3 is 12.3 Å². The number of allylic oxidation sites excluding steroid dienone is 4. The highest BCUT2D eigenvalue weighted by Gasteiger charge is 2.71. The molecule has 0 aromatic rings. The number of hydrogen-bond donors (Lipinski definition) is 1. The van der Waals surface area contributed by atoms with E-state index >= 15 is 4.39 Å². The van der Waals surface area contributed by atoms with Gasteiger partial charge in [0, 0.05) is 16.7 Å². The summed E-state index contributed by atoms with van der Waals surface area (Å²) in [6, 6.07) is 0. The zero-order valence-corrected chi connectivity index (χ0v) is 25.4. The van der Waals surface area contributed by atoms with Gasteiger partial charge in [0.05, 0.1) is 19.3 Å². The third-order valence-corrected chi connectivity index (χ3v) is 10.1. The maximum Gasteiger partial charge on any atom is 0.509 e. The van der Waals surface area contributed by atoms with Gasteiger partial charge in [-0.2, -0.15) is 0 Å². The second-order valence-corrected chi connectivity index (χ2v) is 13.2. The number of fused-ring (bicyclic) bond motifs is 5. The van der Waals surface area contributed by atoms with Crippen molar-refractivity contribution in [3.05, 3.63) is 23.8 Å². The van der Waals surface area contributed by atoms with Gasteiger partial charge in [-0.25, -0.2) is 14.0 Å². The van der Waals surface area contributed by atoms with Crippen LogP contribution in [0.25, 0.3) is 0 Å². The van der Waals surface area contributed by atoms with Crippen molar-refractivity contribution < 1.29 is 47.6 Å². The van der Waals surface area contributed by atoms with E-state index < -0.39 is 59.3 Å². The molecule has 4 aliphatic rings. The zero-order chi connectivity index (χ0) is 30.9. The van der Waals surface area contributed by atoms with Crippen LogP contribution >= 0.6 is 0 Å². The number of Topliss-reactive ketones (excluding diaryl/α,β-unsaturated/α-hetero) is 1. The summed E-state index contributed by atoms with van der Waals surface area (Å²) in [6.07, 6.45) is 3.23. The monoisotopic (exact) mass is 592 g/mol. The first kappa shape index (κ1) is 32.2. The van der Waals surface area contributed by atoms with E-state index in [1.54, 1.807) is 13.0 Å². The first-order chi connectivity index (χ1) is 19.8. The summed E-state index contributed by atoms with van der Waals surface area (Å²) in [5.41, 5.74) is -3.34. The van der Waals surface area contributed by atoms with E-state index in [2.05, 4.69) is 0 Å². The number of unbranched alkanes of at least 4 members (excludes halogenated alkanes) is 2. The second-order valence-electron chi connectivity index (χ2n) is 13.2. The Morgan fingerprint density at radius 2 is 1.86 bits per heavy atom. The van der Waals surface area contributed by atoms with Crippen molar-refractivity contribution in [3.8, 4) is 0 Å². The lowest BCUT2D eigenvalue weighted by atomic mass is 9.46. The van der Waals surface area contributed by atoms with Crippen molar-refractivity contribution in [1.82, 2.24) is 0 Å². The zero-order valence-electron chi connectivity index (χ0n) is 25.4. The van der Waals surface area contributed by atoms with E-state index in [1.165, 1.54) is 12.2 Å². The van der Waals surface area contributed by atoms with Crippen molar-refractivity contribution in [2.45, 2.75) is 97.4 Å². The Morgan fingerprint density at radius 1 is 1.12 bits per heavy atom. The molecule has 234 valence electrons. The van der Waals surface area contributed by atoms with Crippen LogP contribution in [0.1, 0.15) is 79.6 Å². The predicted octanol–water partition coefficient (Wildman–Crippen LogP) is 5.67. The predicted molar refractivity (Wildman–Crippen MR) is 150 cm³/mol. The average molecular weight is 593 g/mol. The van der Waals surface area contributed by atoms with E-state index in [1.807, 2.05) is 27.7 Å². The molecule has 0 aromatic heterocycles. The number of aliphatic hydroxyl groups is 1. The number of halogens is 1. The summed E-state index contributed by atoms with van der Waals surface area (Å²) in [6.45, 7) is 8.96. The molecule has 42 heavy (non-hydrogen) atoms. The molecule has 4 rings (SSSR count). The Labute approximate surface area is 247 Å². The first-order valence-electron chi connectivity index (χ1n) is 15.2. The summed E-state index contributed by atoms with van der Waals surface area (Å²) in [5.74, 6) is -1.88. The van der Waals surface area contributed by atoms with Crippen LogP contribution in [-0.2, 0) is 28.5 Å². The number of carbonyl (C=O) groups excluding carboxylic acids is 4. The quantitative estimate of drug-likeness (QED) is 0.252. The summed E-state index contributed by atoms with van der Waals surface area (Å²) < 4.78 is 37.2.